The summed E-state index contributed by atoms with van der Waals surface area (Å²) in [5, 5.41) is 0.853. The molecule has 2 nitrogen and oxygen atoms in total. The monoisotopic (exact) mass is 330 g/mol. The molecule has 1 fully saturated rings. The number of halogens is 2. The molecule has 0 unspecified atom stereocenters. The summed E-state index contributed by atoms with van der Waals surface area (Å²) in [7, 11) is 0. The number of rotatable bonds is 4. The van der Waals surface area contributed by atoms with E-state index in [9.17, 15) is 4.39 Å². The Kier molecular flexibility index (Phi) is 5.31. The van der Waals surface area contributed by atoms with Gasteiger partial charge in [-0.1, -0.05) is 41.9 Å². The fraction of sp³-hybridized carbons (Fsp3) is 0.263. The van der Waals surface area contributed by atoms with E-state index >= 15 is 0 Å². The van der Waals surface area contributed by atoms with Gasteiger partial charge in [-0.25, -0.2) is 4.39 Å². The van der Waals surface area contributed by atoms with Crippen LogP contribution in [0.5, 0.6) is 0 Å². The molecule has 2 aromatic carbocycles. The molecule has 1 saturated heterocycles. The Balaban J connectivity index is 1.53. The summed E-state index contributed by atoms with van der Waals surface area (Å²) in [6.07, 6.45) is 2.02. The van der Waals surface area contributed by atoms with Gasteiger partial charge in [-0.15, -0.1) is 0 Å². The van der Waals surface area contributed by atoms with Crippen molar-refractivity contribution in [1.29, 1.82) is 0 Å². The maximum Gasteiger partial charge on any atom is 0.123 e. The maximum atomic E-state index is 13.0. The van der Waals surface area contributed by atoms with Crippen molar-refractivity contribution in [3.63, 3.8) is 0 Å². The lowest BCUT2D eigenvalue weighted by atomic mass is 10.2. The molecule has 0 amide bonds. The van der Waals surface area contributed by atoms with Gasteiger partial charge in [0, 0.05) is 43.4 Å². The highest BCUT2D eigenvalue weighted by atomic mass is 35.5. The largest absolute Gasteiger partial charge is 0.369 e. The number of hydrogen-bond acceptors (Lipinski definition) is 2. The average molecular weight is 331 g/mol. The van der Waals surface area contributed by atoms with Crippen LogP contribution in [0.2, 0.25) is 0 Å². The molecule has 4 heteroatoms. The van der Waals surface area contributed by atoms with Crippen LogP contribution in [0, 0.1) is 5.82 Å². The van der Waals surface area contributed by atoms with Crippen LogP contribution >= 0.6 is 11.6 Å². The first kappa shape index (κ1) is 16.0. The normalized spacial score (nSPS) is 16.6. The lowest BCUT2D eigenvalue weighted by Crippen LogP contribution is -2.46. The molecular weight excluding hydrogens is 311 g/mol. The van der Waals surface area contributed by atoms with E-state index < -0.39 is 0 Å². The van der Waals surface area contributed by atoms with Gasteiger partial charge in [0.1, 0.15) is 5.82 Å². The van der Waals surface area contributed by atoms with Crippen molar-refractivity contribution in [3.8, 4) is 0 Å². The lowest BCUT2D eigenvalue weighted by molar-refractivity contribution is 0.282. The first-order valence-electron chi connectivity index (χ1n) is 7.85. The van der Waals surface area contributed by atoms with Gasteiger partial charge in [-0.3, -0.25) is 4.90 Å². The van der Waals surface area contributed by atoms with Gasteiger partial charge >= 0.3 is 0 Å². The number of nitrogens with zero attached hydrogens (tertiary/aromatic N) is 2. The van der Waals surface area contributed by atoms with E-state index in [2.05, 4.69) is 21.9 Å². The number of hydrogen-bond donors (Lipinski definition) is 0. The van der Waals surface area contributed by atoms with Crippen LogP contribution in [-0.2, 0) is 0 Å². The smallest absolute Gasteiger partial charge is 0.123 e. The van der Waals surface area contributed by atoms with E-state index in [0.717, 1.165) is 49.0 Å². The molecule has 0 radical (unpaired) electrons. The second kappa shape index (κ2) is 7.62. The van der Waals surface area contributed by atoms with Gasteiger partial charge in [0.05, 0.1) is 0 Å². The fourth-order valence-electron chi connectivity index (χ4n) is 2.81. The van der Waals surface area contributed by atoms with Crippen molar-refractivity contribution >= 4 is 23.4 Å². The Morgan fingerprint density at radius 2 is 1.61 bits per heavy atom. The summed E-state index contributed by atoms with van der Waals surface area (Å²) in [4.78, 5) is 4.63. The van der Waals surface area contributed by atoms with Gasteiger partial charge in [-0.2, -0.15) is 0 Å². The molecule has 1 aliphatic rings. The topological polar surface area (TPSA) is 6.48 Å². The average Bonchev–Trinajstić information content (AvgIpc) is 2.57. The molecule has 23 heavy (non-hydrogen) atoms. The minimum atomic E-state index is -0.190. The molecule has 0 atom stereocenters. The number of anilines is 1. The van der Waals surface area contributed by atoms with E-state index in [1.807, 2.05) is 36.4 Å². The summed E-state index contributed by atoms with van der Waals surface area (Å²) in [5.41, 5.74) is 2.21. The lowest BCUT2D eigenvalue weighted by Gasteiger charge is -2.36. The van der Waals surface area contributed by atoms with Crippen molar-refractivity contribution in [1.82, 2.24) is 4.90 Å². The SMILES string of the molecule is Fc1ccc(N2CCN(C/C(Cl)=C/c3ccccc3)CC2)cc1. The fourth-order valence-corrected chi connectivity index (χ4v) is 3.10. The Labute approximate surface area is 141 Å². The van der Waals surface area contributed by atoms with E-state index in [1.54, 1.807) is 0 Å². The Bertz CT molecular complexity index is 647. The second-order valence-electron chi connectivity index (χ2n) is 5.74. The van der Waals surface area contributed by atoms with Crippen molar-refractivity contribution in [2.24, 2.45) is 0 Å². The summed E-state index contributed by atoms with van der Waals surface area (Å²) >= 11 is 6.38. The van der Waals surface area contributed by atoms with Gasteiger partial charge in [0.15, 0.2) is 0 Å². The second-order valence-corrected chi connectivity index (χ2v) is 6.23. The zero-order valence-corrected chi connectivity index (χ0v) is 13.7. The zero-order valence-electron chi connectivity index (χ0n) is 13.0. The van der Waals surface area contributed by atoms with E-state index in [0.29, 0.717) is 0 Å². The van der Waals surface area contributed by atoms with Gasteiger partial charge < -0.3 is 4.90 Å². The van der Waals surface area contributed by atoms with Crippen LogP contribution in [-0.4, -0.2) is 37.6 Å². The first-order chi connectivity index (χ1) is 11.2. The highest BCUT2D eigenvalue weighted by Crippen LogP contribution is 2.18. The third kappa shape index (κ3) is 4.57. The highest BCUT2D eigenvalue weighted by molar-refractivity contribution is 6.31. The van der Waals surface area contributed by atoms with Crippen molar-refractivity contribution in [2.75, 3.05) is 37.6 Å². The molecular formula is C19H20ClFN2. The van der Waals surface area contributed by atoms with Crippen molar-refractivity contribution in [2.45, 2.75) is 0 Å². The molecule has 0 N–H and O–H groups in total. The Morgan fingerprint density at radius 3 is 2.26 bits per heavy atom. The molecule has 2 aromatic rings. The van der Waals surface area contributed by atoms with Crippen molar-refractivity contribution < 1.29 is 4.39 Å². The highest BCUT2D eigenvalue weighted by Gasteiger charge is 2.17. The maximum absolute atomic E-state index is 13.0. The Hall–Kier alpha value is -1.84. The minimum Gasteiger partial charge on any atom is -0.369 e. The predicted molar refractivity (Wildman–Crippen MR) is 95.3 cm³/mol. The van der Waals surface area contributed by atoms with E-state index in [4.69, 9.17) is 11.6 Å². The third-order valence-corrected chi connectivity index (χ3v) is 4.29. The Morgan fingerprint density at radius 1 is 0.957 bits per heavy atom. The van der Waals surface area contributed by atoms with Crippen LogP contribution in [0.3, 0.4) is 0 Å². The predicted octanol–water partition coefficient (Wildman–Crippen LogP) is 4.23. The third-order valence-electron chi connectivity index (χ3n) is 4.06. The number of piperazine rings is 1. The molecule has 0 saturated carbocycles. The molecule has 0 aliphatic carbocycles. The molecule has 0 spiro atoms. The van der Waals surface area contributed by atoms with E-state index in [1.165, 1.54) is 12.1 Å². The zero-order chi connectivity index (χ0) is 16.1. The molecule has 0 bridgehead atoms. The van der Waals surface area contributed by atoms with Gasteiger partial charge in [0.2, 0.25) is 0 Å². The standard InChI is InChI=1S/C19H20ClFN2/c20-17(14-16-4-2-1-3-5-16)15-22-10-12-23(13-11-22)19-8-6-18(21)7-9-19/h1-9,14H,10-13,15H2/b17-14-. The quantitative estimate of drug-likeness (QED) is 0.828. The summed E-state index contributed by atoms with van der Waals surface area (Å²) in [6.45, 7) is 4.54. The van der Waals surface area contributed by atoms with Crippen molar-refractivity contribution in [3.05, 3.63) is 71.0 Å². The van der Waals surface area contributed by atoms with E-state index in [-0.39, 0.29) is 5.82 Å². The summed E-state index contributed by atoms with van der Waals surface area (Å²) in [6, 6.07) is 16.8. The molecule has 0 aromatic heterocycles. The van der Waals surface area contributed by atoms with Crippen LogP contribution < -0.4 is 4.90 Å². The minimum absolute atomic E-state index is 0.190. The summed E-state index contributed by atoms with van der Waals surface area (Å²) in [5.74, 6) is -0.190. The molecule has 1 aliphatic heterocycles. The molecule has 1 heterocycles. The number of benzene rings is 2. The van der Waals surface area contributed by atoms with Crippen LogP contribution in [0.25, 0.3) is 6.08 Å². The van der Waals surface area contributed by atoms with Crippen LogP contribution in [0.15, 0.2) is 59.6 Å². The van der Waals surface area contributed by atoms with Crippen LogP contribution in [0.4, 0.5) is 10.1 Å². The van der Waals surface area contributed by atoms with Gasteiger partial charge in [0.25, 0.3) is 0 Å². The van der Waals surface area contributed by atoms with Crippen LogP contribution in [0.1, 0.15) is 5.56 Å². The molecule has 3 rings (SSSR count). The van der Waals surface area contributed by atoms with Gasteiger partial charge in [-0.05, 0) is 35.9 Å². The first-order valence-corrected chi connectivity index (χ1v) is 8.22. The molecule has 120 valence electrons. The summed E-state index contributed by atoms with van der Waals surface area (Å²) < 4.78 is 13.0.